The lowest BCUT2D eigenvalue weighted by Gasteiger charge is -2.20. The van der Waals surface area contributed by atoms with E-state index in [9.17, 15) is 4.79 Å². The largest absolute Gasteiger partial charge is 0.491 e. The molecule has 2 N–H and O–H groups in total. The van der Waals surface area contributed by atoms with Crippen molar-refractivity contribution in [2.45, 2.75) is 38.3 Å². The van der Waals surface area contributed by atoms with Crippen LogP contribution in [-0.4, -0.2) is 60.2 Å². The molecule has 2 heterocycles. The first-order valence-corrected chi connectivity index (χ1v) is 13.1. The highest BCUT2D eigenvalue weighted by Gasteiger charge is 2.23. The Morgan fingerprint density at radius 2 is 2.05 bits per heavy atom. The van der Waals surface area contributed by atoms with E-state index in [1.165, 1.54) is 12.8 Å². The number of likely N-dealkylation sites (N-methyl/N-ethyl adjacent to an activating group) is 1. The number of anilines is 2. The van der Waals surface area contributed by atoms with Crippen LogP contribution in [0.4, 0.5) is 11.5 Å². The normalized spacial score (nSPS) is 18.4. The van der Waals surface area contributed by atoms with Crippen molar-refractivity contribution >= 4 is 28.3 Å². The number of amides is 1. The lowest BCUT2D eigenvalue weighted by molar-refractivity contribution is -0.111. The summed E-state index contributed by atoms with van der Waals surface area (Å²) in [5, 5.41) is 7.35. The molecule has 1 aromatic heterocycles. The number of fused-ring (bicyclic) bond motifs is 1. The highest BCUT2D eigenvalue weighted by molar-refractivity contribution is 6.03. The predicted molar refractivity (Wildman–Crippen MR) is 146 cm³/mol. The minimum atomic E-state index is -0.198. The van der Waals surface area contributed by atoms with Gasteiger partial charge in [0.05, 0.1) is 24.4 Å². The Morgan fingerprint density at radius 1 is 1.22 bits per heavy atom. The first-order chi connectivity index (χ1) is 18.1. The fraction of sp³-hybridized carbons (Fsp3) is 0.414. The van der Waals surface area contributed by atoms with E-state index in [2.05, 4.69) is 51.6 Å². The van der Waals surface area contributed by atoms with Gasteiger partial charge < -0.3 is 20.1 Å². The number of hydrogen-bond donors (Lipinski definition) is 2. The maximum atomic E-state index is 12.9. The van der Waals surface area contributed by atoms with Gasteiger partial charge >= 0.3 is 0 Å². The van der Waals surface area contributed by atoms with E-state index in [4.69, 9.17) is 9.47 Å². The van der Waals surface area contributed by atoms with E-state index < -0.39 is 0 Å². The lowest BCUT2D eigenvalue weighted by Crippen LogP contribution is -2.32. The fourth-order valence-electron chi connectivity index (χ4n) is 4.46. The number of rotatable bonds is 11. The van der Waals surface area contributed by atoms with Crippen LogP contribution < -0.4 is 15.4 Å². The molecule has 37 heavy (non-hydrogen) atoms. The summed E-state index contributed by atoms with van der Waals surface area (Å²) in [5.41, 5.74) is 2.54. The van der Waals surface area contributed by atoms with Crippen LogP contribution >= 0.6 is 0 Å². The Bertz CT molecular complexity index is 1240. The molecule has 2 atom stereocenters. The Hall–Kier alpha value is -3.49. The molecule has 8 heteroatoms. The van der Waals surface area contributed by atoms with Gasteiger partial charge in [-0.15, -0.1) is 0 Å². The zero-order chi connectivity index (χ0) is 25.6. The zero-order valence-corrected chi connectivity index (χ0v) is 21.5. The minimum absolute atomic E-state index is 0.0494. The van der Waals surface area contributed by atoms with E-state index in [1.54, 1.807) is 12.4 Å². The number of benzene rings is 2. The molecule has 0 radical (unpaired) electrons. The number of ether oxygens (including phenoxy) is 2. The average molecular weight is 502 g/mol. The molecule has 0 spiro atoms. The summed E-state index contributed by atoms with van der Waals surface area (Å²) in [6.45, 7) is 4.97. The summed E-state index contributed by atoms with van der Waals surface area (Å²) in [4.78, 5) is 24.1. The number of nitrogens with one attached hydrogen (secondary N) is 2. The summed E-state index contributed by atoms with van der Waals surface area (Å²) in [5.74, 6) is 1.72. The third-order valence-electron chi connectivity index (χ3n) is 7.01. The standard InChI is InChI=1S/C29H35N5O3/c1-20(22-7-4-3-5-8-22)32-29-24-15-26(27(37-17-21-10-11-21)16-25(24)30-19-31-29)33-28(35)9-6-13-34(2)23-12-14-36-18-23/h3-9,15-16,19-21,23H,10-14,17-18H2,1-2H3,(H,33,35)(H,30,31,32). The van der Waals surface area contributed by atoms with Crippen LogP contribution in [0, 0.1) is 5.92 Å². The van der Waals surface area contributed by atoms with E-state index in [0.717, 1.165) is 36.1 Å². The molecule has 1 aliphatic heterocycles. The molecule has 1 aliphatic carbocycles. The molecule has 1 saturated carbocycles. The molecule has 1 amide bonds. The molecule has 1 saturated heterocycles. The summed E-state index contributed by atoms with van der Waals surface area (Å²) >= 11 is 0. The Balaban J connectivity index is 1.35. The summed E-state index contributed by atoms with van der Waals surface area (Å²) in [7, 11) is 2.06. The Morgan fingerprint density at radius 3 is 2.81 bits per heavy atom. The van der Waals surface area contributed by atoms with Crippen LogP contribution in [-0.2, 0) is 9.53 Å². The molecule has 2 fully saturated rings. The third kappa shape index (κ3) is 6.64. The number of carbonyl (C=O) groups is 1. The molecule has 3 aromatic rings. The second kappa shape index (κ2) is 11.7. The van der Waals surface area contributed by atoms with Crippen LogP contribution in [0.1, 0.15) is 37.8 Å². The van der Waals surface area contributed by atoms with Gasteiger partial charge in [-0.2, -0.15) is 0 Å². The number of hydrogen-bond acceptors (Lipinski definition) is 7. The second-order valence-electron chi connectivity index (χ2n) is 9.97. The van der Waals surface area contributed by atoms with E-state index in [1.807, 2.05) is 36.4 Å². The quantitative estimate of drug-likeness (QED) is 0.365. The molecule has 5 rings (SSSR count). The van der Waals surface area contributed by atoms with Crippen molar-refractivity contribution in [3.63, 3.8) is 0 Å². The van der Waals surface area contributed by atoms with Gasteiger partial charge in [-0.05, 0) is 50.8 Å². The molecule has 2 aromatic carbocycles. The first kappa shape index (κ1) is 25.2. The van der Waals surface area contributed by atoms with Gasteiger partial charge in [-0.3, -0.25) is 9.69 Å². The van der Waals surface area contributed by atoms with Crippen LogP contribution in [0.15, 0.2) is 60.9 Å². The van der Waals surface area contributed by atoms with Crippen molar-refractivity contribution in [3.8, 4) is 5.75 Å². The SMILES string of the molecule is CC(Nc1ncnc2cc(OCC3CC3)c(NC(=O)C=CCN(C)C3CCOC3)cc12)c1ccccc1. The highest BCUT2D eigenvalue weighted by atomic mass is 16.5. The first-order valence-electron chi connectivity index (χ1n) is 13.1. The topological polar surface area (TPSA) is 88.6 Å². The Kier molecular flexibility index (Phi) is 7.96. The lowest BCUT2D eigenvalue weighted by atomic mass is 10.1. The van der Waals surface area contributed by atoms with E-state index in [-0.39, 0.29) is 11.9 Å². The molecule has 8 nitrogen and oxygen atoms in total. The monoisotopic (exact) mass is 501 g/mol. The van der Waals surface area contributed by atoms with Crippen LogP contribution in [0.3, 0.4) is 0 Å². The number of aromatic nitrogens is 2. The number of nitrogens with zero attached hydrogens (tertiary/aromatic N) is 3. The van der Waals surface area contributed by atoms with Crippen LogP contribution in [0.2, 0.25) is 0 Å². The summed E-state index contributed by atoms with van der Waals surface area (Å²) in [6, 6.07) is 14.5. The average Bonchev–Trinajstić information content (AvgIpc) is 3.57. The van der Waals surface area contributed by atoms with Gasteiger partial charge in [-0.1, -0.05) is 36.4 Å². The molecule has 0 bridgehead atoms. The number of carbonyl (C=O) groups excluding carboxylic acids is 1. The molecule has 2 aliphatic rings. The molecular formula is C29H35N5O3. The summed E-state index contributed by atoms with van der Waals surface area (Å²) < 4.78 is 11.6. The smallest absolute Gasteiger partial charge is 0.248 e. The molecular weight excluding hydrogens is 466 g/mol. The van der Waals surface area contributed by atoms with Crippen molar-refractivity contribution in [1.29, 1.82) is 0 Å². The molecule has 194 valence electrons. The van der Waals surface area contributed by atoms with E-state index in [0.29, 0.717) is 42.4 Å². The second-order valence-corrected chi connectivity index (χ2v) is 9.97. The minimum Gasteiger partial charge on any atom is -0.491 e. The van der Waals surface area contributed by atoms with Gasteiger partial charge in [0.1, 0.15) is 17.9 Å². The van der Waals surface area contributed by atoms with Crippen molar-refractivity contribution in [3.05, 3.63) is 66.5 Å². The van der Waals surface area contributed by atoms with E-state index >= 15 is 0 Å². The highest BCUT2D eigenvalue weighted by Crippen LogP contribution is 2.36. The van der Waals surface area contributed by atoms with Crippen LogP contribution in [0.5, 0.6) is 5.75 Å². The maximum absolute atomic E-state index is 12.9. The van der Waals surface area contributed by atoms with Crippen molar-refractivity contribution < 1.29 is 14.3 Å². The van der Waals surface area contributed by atoms with Gasteiger partial charge in [0.2, 0.25) is 5.91 Å². The van der Waals surface area contributed by atoms with Crippen molar-refractivity contribution in [1.82, 2.24) is 14.9 Å². The fourth-order valence-corrected chi connectivity index (χ4v) is 4.46. The molecule has 2 unspecified atom stereocenters. The van der Waals surface area contributed by atoms with Crippen LogP contribution in [0.25, 0.3) is 10.9 Å². The predicted octanol–water partition coefficient (Wildman–Crippen LogP) is 4.81. The van der Waals surface area contributed by atoms with Gasteiger partial charge in [-0.25, -0.2) is 9.97 Å². The Labute approximate surface area is 218 Å². The van der Waals surface area contributed by atoms with Gasteiger partial charge in [0, 0.05) is 42.8 Å². The van der Waals surface area contributed by atoms with Crippen molar-refractivity contribution in [2.24, 2.45) is 5.92 Å². The summed E-state index contributed by atoms with van der Waals surface area (Å²) in [6.07, 6.45) is 8.42. The third-order valence-corrected chi connectivity index (χ3v) is 7.01. The van der Waals surface area contributed by atoms with Gasteiger partial charge in [0.25, 0.3) is 0 Å². The van der Waals surface area contributed by atoms with Gasteiger partial charge in [0.15, 0.2) is 0 Å². The zero-order valence-electron chi connectivity index (χ0n) is 21.5. The van der Waals surface area contributed by atoms with Crippen molar-refractivity contribution in [2.75, 3.05) is 44.0 Å². The maximum Gasteiger partial charge on any atom is 0.248 e.